The third-order valence-corrected chi connectivity index (χ3v) is 9.07. The molecule has 4 N–H and O–H groups in total. The summed E-state index contributed by atoms with van der Waals surface area (Å²) in [4.78, 5) is 83.5. The monoisotopic (exact) mass is 901 g/mol. The predicted molar refractivity (Wildman–Crippen MR) is 240 cm³/mol. The predicted octanol–water partition coefficient (Wildman–Crippen LogP) is 5.18. The van der Waals surface area contributed by atoms with Crippen molar-refractivity contribution in [3.8, 4) is 0 Å². The van der Waals surface area contributed by atoms with E-state index in [-0.39, 0.29) is 121 Å². The zero-order valence-corrected chi connectivity index (χ0v) is 39.7. The topological polar surface area (TPSA) is 223 Å². The van der Waals surface area contributed by atoms with E-state index in [1.807, 2.05) is 20.8 Å². The van der Waals surface area contributed by atoms with Gasteiger partial charge in [0, 0.05) is 45.3 Å². The number of ether oxygens (including phenoxy) is 6. The molecule has 0 aliphatic heterocycles. The number of unbranched alkanes of at least 4 members (excludes halogenated alkanes) is 13. The largest absolute Gasteiger partial charge is 0.460 e. The first-order chi connectivity index (χ1) is 30.0. The van der Waals surface area contributed by atoms with Crippen molar-refractivity contribution >= 4 is 41.9 Å². The average molecular weight is 901 g/mol. The molecule has 366 valence electrons. The Bertz CT molecular complexity index is 1250. The summed E-state index contributed by atoms with van der Waals surface area (Å²) in [7, 11) is 0. The van der Waals surface area contributed by atoms with Crippen molar-refractivity contribution in [2.75, 3.05) is 72.5 Å². The van der Waals surface area contributed by atoms with Gasteiger partial charge in [-0.15, -0.1) is 0 Å². The smallest absolute Gasteiger partial charge is 0.329 e. The molecule has 0 radical (unpaired) electrons. The van der Waals surface area contributed by atoms with Gasteiger partial charge in [-0.1, -0.05) is 77.0 Å². The van der Waals surface area contributed by atoms with E-state index in [4.69, 9.17) is 28.4 Å². The summed E-state index contributed by atoms with van der Waals surface area (Å²) in [6.07, 6.45) is 17.6. The summed E-state index contributed by atoms with van der Waals surface area (Å²) in [5.74, 6) is -1.81. The molecule has 0 bridgehead atoms. The molecule has 0 aromatic heterocycles. The molecule has 0 heterocycles. The van der Waals surface area contributed by atoms with Crippen LogP contribution in [-0.4, -0.2) is 132 Å². The van der Waals surface area contributed by atoms with E-state index in [9.17, 15) is 33.6 Å². The summed E-state index contributed by atoms with van der Waals surface area (Å²) in [6, 6.07) is -0.933. The normalized spacial score (nSPS) is 12.0. The summed E-state index contributed by atoms with van der Waals surface area (Å²) >= 11 is 0. The number of hydrogen-bond donors (Lipinski definition) is 4. The lowest BCUT2D eigenvalue weighted by Gasteiger charge is -2.24. The summed E-state index contributed by atoms with van der Waals surface area (Å²) in [6.45, 7) is 12.8. The molecule has 0 saturated heterocycles. The molecule has 63 heavy (non-hydrogen) atoms. The highest BCUT2D eigenvalue weighted by Crippen LogP contribution is 2.16. The minimum Gasteiger partial charge on any atom is -0.460 e. The second-order valence-electron chi connectivity index (χ2n) is 17.6. The maximum Gasteiger partial charge on any atom is 0.329 e. The van der Waals surface area contributed by atoms with Gasteiger partial charge >= 0.3 is 11.9 Å². The van der Waals surface area contributed by atoms with Gasteiger partial charge in [0.05, 0.1) is 39.6 Å². The Kier molecular flexibility index (Phi) is 36.5. The lowest BCUT2D eigenvalue weighted by atomic mass is 10.0. The Hall–Kier alpha value is -3.67. The molecule has 17 nitrogen and oxygen atoms in total. The molecule has 0 unspecified atom stereocenters. The standard InChI is InChI=1S/C46H84N4O13/c1-45(2,3)62-43(56)23-20-18-16-14-12-10-8-7-9-11-13-15-17-19-22-40(53)50-38(44(57)63-46(4,5)6)24-25-39(52)48-27-30-58-32-35-61-37-42(55)49-28-31-59-33-34-60-36-41(54)47-26-21-29-51/h29,38H,7-28,30-37H2,1-6H3,(H,47,54)(H,48,52)(H,49,55)(H,50,53)/t38-/m0/s1. The average Bonchev–Trinajstić information content (AvgIpc) is 3.19. The van der Waals surface area contributed by atoms with Crippen LogP contribution >= 0.6 is 0 Å². The van der Waals surface area contributed by atoms with Crippen LogP contribution in [0.25, 0.3) is 0 Å². The highest BCUT2D eigenvalue weighted by atomic mass is 16.6. The first-order valence-corrected chi connectivity index (χ1v) is 23.3. The fraction of sp³-hybridized carbons (Fsp3) is 0.848. The third kappa shape index (κ3) is 43.4. The molecule has 0 fully saturated rings. The van der Waals surface area contributed by atoms with Crippen LogP contribution in [0, 0.1) is 0 Å². The van der Waals surface area contributed by atoms with Gasteiger partial charge in [-0.3, -0.25) is 24.0 Å². The van der Waals surface area contributed by atoms with Gasteiger partial charge in [-0.25, -0.2) is 4.79 Å². The van der Waals surface area contributed by atoms with Crippen molar-refractivity contribution in [1.82, 2.24) is 21.3 Å². The lowest BCUT2D eigenvalue weighted by molar-refractivity contribution is -0.159. The van der Waals surface area contributed by atoms with E-state index in [0.717, 1.165) is 44.8 Å². The maximum atomic E-state index is 12.9. The first kappa shape index (κ1) is 59.3. The third-order valence-electron chi connectivity index (χ3n) is 9.07. The van der Waals surface area contributed by atoms with Crippen LogP contribution in [0.3, 0.4) is 0 Å². The lowest BCUT2D eigenvalue weighted by Crippen LogP contribution is -2.44. The molecular weight excluding hydrogens is 817 g/mol. The number of carbonyl (C=O) groups is 7. The van der Waals surface area contributed by atoms with Crippen molar-refractivity contribution < 1.29 is 62.0 Å². The molecule has 0 rings (SSSR count). The Balaban J connectivity index is 3.98. The molecule has 17 heteroatoms. The number of hydrogen-bond acceptors (Lipinski definition) is 13. The van der Waals surface area contributed by atoms with E-state index in [0.29, 0.717) is 12.8 Å². The quantitative estimate of drug-likeness (QED) is 0.0353. The van der Waals surface area contributed by atoms with Gasteiger partial charge in [-0.2, -0.15) is 0 Å². The molecule has 0 aromatic rings. The Morgan fingerprint density at radius 3 is 1.33 bits per heavy atom. The van der Waals surface area contributed by atoms with Gasteiger partial charge < -0.3 is 54.5 Å². The number of amides is 4. The minimum atomic E-state index is -0.933. The van der Waals surface area contributed by atoms with Crippen LogP contribution in [0.5, 0.6) is 0 Å². The first-order valence-electron chi connectivity index (χ1n) is 23.3. The van der Waals surface area contributed by atoms with Crippen molar-refractivity contribution in [3.05, 3.63) is 0 Å². The fourth-order valence-corrected chi connectivity index (χ4v) is 5.99. The number of esters is 2. The summed E-state index contributed by atoms with van der Waals surface area (Å²) in [5.41, 5.74) is -1.15. The van der Waals surface area contributed by atoms with Gasteiger partial charge in [0.25, 0.3) is 0 Å². The van der Waals surface area contributed by atoms with Crippen LogP contribution in [0.2, 0.25) is 0 Å². The van der Waals surface area contributed by atoms with Crippen LogP contribution in [-0.2, 0) is 62.0 Å². The van der Waals surface area contributed by atoms with Gasteiger partial charge in [0.1, 0.15) is 36.7 Å². The van der Waals surface area contributed by atoms with E-state index < -0.39 is 23.2 Å². The fourth-order valence-electron chi connectivity index (χ4n) is 5.99. The van der Waals surface area contributed by atoms with Crippen LogP contribution in [0.15, 0.2) is 0 Å². The highest BCUT2D eigenvalue weighted by Gasteiger charge is 2.27. The van der Waals surface area contributed by atoms with Crippen LogP contribution in [0.1, 0.15) is 164 Å². The summed E-state index contributed by atoms with van der Waals surface area (Å²) < 4.78 is 32.1. The zero-order chi connectivity index (χ0) is 47.0. The number of nitrogens with one attached hydrogen (secondary N) is 4. The molecule has 1 atom stereocenters. The molecule has 4 amide bonds. The second-order valence-corrected chi connectivity index (χ2v) is 17.6. The van der Waals surface area contributed by atoms with Crippen molar-refractivity contribution in [2.45, 2.75) is 181 Å². The van der Waals surface area contributed by atoms with E-state index in [2.05, 4.69) is 21.3 Å². The van der Waals surface area contributed by atoms with Crippen molar-refractivity contribution in [3.63, 3.8) is 0 Å². The summed E-state index contributed by atoms with van der Waals surface area (Å²) in [5, 5.41) is 10.7. The SMILES string of the molecule is CC(C)(C)OC(=O)CCCCCCCCCCCCCCCCC(=O)N[C@@H](CCC(=O)NCCOCCOCC(=O)NCCOCCOCC(=O)NCCC=O)C(=O)OC(C)(C)C. The highest BCUT2D eigenvalue weighted by molar-refractivity contribution is 5.85. The molecule has 0 aliphatic carbocycles. The Labute approximate surface area is 377 Å². The van der Waals surface area contributed by atoms with Gasteiger partial charge in [0.2, 0.25) is 23.6 Å². The van der Waals surface area contributed by atoms with Crippen LogP contribution in [0.4, 0.5) is 0 Å². The van der Waals surface area contributed by atoms with E-state index >= 15 is 0 Å². The molecular formula is C46H84N4O13. The van der Waals surface area contributed by atoms with Crippen molar-refractivity contribution in [2.24, 2.45) is 0 Å². The van der Waals surface area contributed by atoms with E-state index in [1.54, 1.807) is 20.8 Å². The Morgan fingerprint density at radius 2 is 0.873 bits per heavy atom. The number of carbonyl (C=O) groups excluding carboxylic acids is 7. The molecule has 0 aromatic carbocycles. The molecule has 0 saturated carbocycles. The maximum absolute atomic E-state index is 12.9. The molecule has 0 aliphatic rings. The Morgan fingerprint density at radius 1 is 0.460 bits per heavy atom. The minimum absolute atomic E-state index is 0.0155. The zero-order valence-electron chi connectivity index (χ0n) is 39.7. The van der Waals surface area contributed by atoms with E-state index in [1.165, 1.54) is 51.4 Å². The second kappa shape index (κ2) is 38.8. The number of aldehydes is 1. The van der Waals surface area contributed by atoms with Crippen LogP contribution < -0.4 is 21.3 Å². The van der Waals surface area contributed by atoms with Gasteiger partial charge in [-0.05, 0) is 60.8 Å². The molecule has 0 spiro atoms. The van der Waals surface area contributed by atoms with Crippen molar-refractivity contribution in [1.29, 1.82) is 0 Å². The van der Waals surface area contributed by atoms with Gasteiger partial charge in [0.15, 0.2) is 0 Å². The number of rotatable bonds is 41.